The Morgan fingerprint density at radius 3 is 2.29 bits per heavy atom. The Hall–Kier alpha value is -3.71. The van der Waals surface area contributed by atoms with Gasteiger partial charge in [0.15, 0.2) is 0 Å². The number of amides is 1. The number of hydrogen-bond donors (Lipinski definition) is 1. The fraction of sp³-hybridized carbons (Fsp3) is 0.125. The maximum absolute atomic E-state index is 13.4. The summed E-state index contributed by atoms with van der Waals surface area (Å²) in [6.07, 6.45) is 0. The van der Waals surface area contributed by atoms with Crippen LogP contribution >= 0.6 is 11.3 Å². The molecule has 0 fully saturated rings. The van der Waals surface area contributed by atoms with Gasteiger partial charge in [-0.2, -0.15) is 5.10 Å². The number of carbonyl (C=O) groups is 2. The lowest BCUT2D eigenvalue weighted by Gasteiger charge is -2.07. The smallest absolute Gasteiger partial charge is 0.340 e. The second-order valence-corrected chi connectivity index (χ2v) is 8.22. The molecule has 0 spiro atoms. The van der Waals surface area contributed by atoms with Crippen molar-refractivity contribution in [2.75, 3.05) is 12.4 Å². The van der Waals surface area contributed by atoms with Crippen molar-refractivity contribution in [2.45, 2.75) is 13.8 Å². The highest BCUT2D eigenvalue weighted by atomic mass is 32.1. The molecule has 2 aromatic heterocycles. The zero-order chi connectivity index (χ0) is 22.0. The van der Waals surface area contributed by atoms with E-state index in [0.717, 1.165) is 16.1 Å². The summed E-state index contributed by atoms with van der Waals surface area (Å²) in [6, 6.07) is 20.9. The molecule has 0 radical (unpaired) electrons. The van der Waals surface area contributed by atoms with E-state index < -0.39 is 5.97 Å². The van der Waals surface area contributed by atoms with Crippen LogP contribution in [-0.2, 0) is 4.74 Å². The van der Waals surface area contributed by atoms with E-state index in [1.807, 2.05) is 74.5 Å². The van der Waals surface area contributed by atoms with E-state index in [1.54, 1.807) is 10.7 Å². The minimum atomic E-state index is -0.486. The zero-order valence-corrected chi connectivity index (χ0v) is 18.2. The van der Waals surface area contributed by atoms with Gasteiger partial charge in [-0.1, -0.05) is 48.5 Å². The second kappa shape index (κ2) is 8.57. The lowest BCUT2D eigenvalue weighted by molar-refractivity contribution is 0.0602. The molecule has 0 unspecified atom stereocenters. The highest BCUT2D eigenvalue weighted by molar-refractivity contribution is 7.16. The monoisotopic (exact) mass is 431 g/mol. The average molecular weight is 432 g/mol. The number of anilines is 1. The van der Waals surface area contributed by atoms with Gasteiger partial charge in [0.25, 0.3) is 5.91 Å². The molecule has 0 saturated carbocycles. The quantitative estimate of drug-likeness (QED) is 0.438. The molecule has 4 aromatic rings. The van der Waals surface area contributed by atoms with Crippen molar-refractivity contribution in [3.05, 3.63) is 88.4 Å². The van der Waals surface area contributed by atoms with Crippen LogP contribution in [0.2, 0.25) is 0 Å². The number of nitrogens with zero attached hydrogens (tertiary/aromatic N) is 2. The van der Waals surface area contributed by atoms with E-state index >= 15 is 0 Å². The van der Waals surface area contributed by atoms with Crippen LogP contribution in [0.15, 0.2) is 66.7 Å². The highest BCUT2D eigenvalue weighted by Gasteiger charge is 2.25. The van der Waals surface area contributed by atoms with Crippen LogP contribution in [0.25, 0.3) is 16.9 Å². The molecule has 0 aliphatic carbocycles. The predicted octanol–water partition coefficient (Wildman–Crippen LogP) is 5.26. The molecule has 1 amide bonds. The Bertz CT molecular complexity index is 1240. The number of aryl methyl sites for hydroxylation is 1. The van der Waals surface area contributed by atoms with E-state index in [4.69, 9.17) is 9.84 Å². The third kappa shape index (κ3) is 4.00. The third-order valence-electron chi connectivity index (χ3n) is 4.88. The van der Waals surface area contributed by atoms with Crippen molar-refractivity contribution in [1.29, 1.82) is 0 Å². The molecular weight excluding hydrogens is 410 g/mol. The Labute approximate surface area is 184 Å². The van der Waals surface area contributed by atoms with Gasteiger partial charge in [0, 0.05) is 10.4 Å². The first-order chi connectivity index (χ1) is 15.0. The number of aromatic nitrogens is 2. The standard InChI is InChI=1S/C24H21N3O3S/c1-15-14-19(24(29)30-3)23(31-15)25-22(28)20-16(2)27(18-12-8-5-9-13-18)26-21(20)17-10-6-4-7-11-17/h4-14H,1-3H3,(H,25,28). The number of benzene rings is 2. The van der Waals surface area contributed by atoms with Gasteiger partial charge in [-0.3, -0.25) is 4.79 Å². The molecule has 2 heterocycles. The topological polar surface area (TPSA) is 73.2 Å². The summed E-state index contributed by atoms with van der Waals surface area (Å²) >= 11 is 1.33. The van der Waals surface area contributed by atoms with E-state index in [2.05, 4.69) is 5.32 Å². The van der Waals surface area contributed by atoms with Crippen molar-refractivity contribution < 1.29 is 14.3 Å². The van der Waals surface area contributed by atoms with Crippen molar-refractivity contribution in [3.63, 3.8) is 0 Å². The van der Waals surface area contributed by atoms with E-state index in [-0.39, 0.29) is 5.91 Å². The number of nitrogens with one attached hydrogen (secondary N) is 1. The molecule has 156 valence electrons. The van der Waals surface area contributed by atoms with Crippen LogP contribution in [0.4, 0.5) is 5.00 Å². The van der Waals surface area contributed by atoms with Gasteiger partial charge in [0.05, 0.1) is 29.6 Å². The largest absolute Gasteiger partial charge is 0.465 e. The molecule has 4 rings (SSSR count). The second-order valence-electron chi connectivity index (χ2n) is 6.97. The summed E-state index contributed by atoms with van der Waals surface area (Å²) in [5.41, 5.74) is 3.77. The summed E-state index contributed by atoms with van der Waals surface area (Å²) < 4.78 is 6.62. The third-order valence-corrected chi connectivity index (χ3v) is 5.84. The van der Waals surface area contributed by atoms with Gasteiger partial charge in [0.1, 0.15) is 10.7 Å². The number of para-hydroxylation sites is 1. The Morgan fingerprint density at radius 2 is 1.65 bits per heavy atom. The van der Waals surface area contributed by atoms with Crippen molar-refractivity contribution >= 4 is 28.2 Å². The molecule has 0 aliphatic heterocycles. The summed E-state index contributed by atoms with van der Waals surface area (Å²) in [5, 5.41) is 8.12. The number of rotatable bonds is 5. The average Bonchev–Trinajstić information content (AvgIpc) is 3.33. The maximum Gasteiger partial charge on any atom is 0.340 e. The predicted molar refractivity (Wildman–Crippen MR) is 122 cm³/mol. The van der Waals surface area contributed by atoms with Crippen LogP contribution in [-0.4, -0.2) is 28.8 Å². The SMILES string of the molecule is COC(=O)c1cc(C)sc1NC(=O)c1c(-c2ccccc2)nn(-c2ccccc2)c1C. The molecule has 2 aromatic carbocycles. The molecule has 0 bridgehead atoms. The molecule has 6 nitrogen and oxygen atoms in total. The van der Waals surface area contributed by atoms with Crippen molar-refractivity contribution in [2.24, 2.45) is 0 Å². The fourth-order valence-electron chi connectivity index (χ4n) is 3.43. The van der Waals surface area contributed by atoms with Crippen LogP contribution in [0.5, 0.6) is 0 Å². The van der Waals surface area contributed by atoms with Gasteiger partial charge in [-0.25, -0.2) is 9.48 Å². The first kappa shape index (κ1) is 20.6. The lowest BCUT2D eigenvalue weighted by atomic mass is 10.1. The normalized spacial score (nSPS) is 10.7. The fourth-order valence-corrected chi connectivity index (χ4v) is 4.32. The van der Waals surface area contributed by atoms with Gasteiger partial charge < -0.3 is 10.1 Å². The molecule has 7 heteroatoms. The van der Waals surface area contributed by atoms with E-state index in [0.29, 0.717) is 27.5 Å². The molecule has 0 saturated heterocycles. The van der Waals surface area contributed by atoms with Crippen LogP contribution < -0.4 is 5.32 Å². The van der Waals surface area contributed by atoms with E-state index in [9.17, 15) is 9.59 Å². The summed E-state index contributed by atoms with van der Waals surface area (Å²) in [7, 11) is 1.32. The lowest BCUT2D eigenvalue weighted by Crippen LogP contribution is -2.15. The molecule has 31 heavy (non-hydrogen) atoms. The van der Waals surface area contributed by atoms with Crippen molar-refractivity contribution in [3.8, 4) is 16.9 Å². The first-order valence-corrected chi connectivity index (χ1v) is 10.5. The molecule has 1 N–H and O–H groups in total. The highest BCUT2D eigenvalue weighted by Crippen LogP contribution is 2.32. The number of hydrogen-bond acceptors (Lipinski definition) is 5. The summed E-state index contributed by atoms with van der Waals surface area (Å²) in [6.45, 7) is 3.74. The minimum absolute atomic E-state index is 0.328. The number of esters is 1. The number of thiophene rings is 1. The van der Waals surface area contributed by atoms with E-state index in [1.165, 1.54) is 18.4 Å². The summed E-state index contributed by atoms with van der Waals surface area (Å²) in [4.78, 5) is 26.5. The number of carbonyl (C=O) groups excluding carboxylic acids is 2. The van der Waals surface area contributed by atoms with Gasteiger partial charge in [-0.05, 0) is 32.0 Å². The Morgan fingerprint density at radius 1 is 1.00 bits per heavy atom. The summed E-state index contributed by atoms with van der Waals surface area (Å²) in [5.74, 6) is -0.815. The molecule has 0 aliphatic rings. The van der Waals surface area contributed by atoms with Gasteiger partial charge in [-0.15, -0.1) is 11.3 Å². The van der Waals surface area contributed by atoms with Crippen LogP contribution in [0, 0.1) is 13.8 Å². The Balaban J connectivity index is 1.81. The number of ether oxygens (including phenoxy) is 1. The first-order valence-electron chi connectivity index (χ1n) is 9.70. The molecule has 0 atom stereocenters. The van der Waals surface area contributed by atoms with Gasteiger partial charge >= 0.3 is 5.97 Å². The van der Waals surface area contributed by atoms with Crippen LogP contribution in [0.1, 0.15) is 31.3 Å². The minimum Gasteiger partial charge on any atom is -0.465 e. The van der Waals surface area contributed by atoms with Gasteiger partial charge in [0.2, 0.25) is 0 Å². The maximum atomic E-state index is 13.4. The zero-order valence-electron chi connectivity index (χ0n) is 17.4. The van der Waals surface area contributed by atoms with Crippen LogP contribution in [0.3, 0.4) is 0 Å². The van der Waals surface area contributed by atoms with Crippen molar-refractivity contribution in [1.82, 2.24) is 9.78 Å². The number of methoxy groups -OCH3 is 1. The Kier molecular flexibility index (Phi) is 5.68. The molecular formula is C24H21N3O3S.